The Balaban J connectivity index is 1.87. The summed E-state index contributed by atoms with van der Waals surface area (Å²) in [6.45, 7) is 11.3. The van der Waals surface area contributed by atoms with E-state index >= 15 is 0 Å². The second-order valence-electron chi connectivity index (χ2n) is 8.15. The Labute approximate surface area is 180 Å². The van der Waals surface area contributed by atoms with Gasteiger partial charge in [0.25, 0.3) is 0 Å². The number of nitrogens with zero attached hydrogens (tertiary/aromatic N) is 4. The topological polar surface area (TPSA) is 75.5 Å². The molecular formula is C22H34N4O3S. The maximum Gasteiger partial charge on any atom is 0.243 e. The van der Waals surface area contributed by atoms with E-state index in [1.165, 1.54) is 4.31 Å². The quantitative estimate of drug-likeness (QED) is 0.607. The zero-order valence-electron chi connectivity index (χ0n) is 18.6. The van der Waals surface area contributed by atoms with Crippen LogP contribution < -0.4 is 0 Å². The molecule has 1 aromatic carbocycles. The lowest BCUT2D eigenvalue weighted by Gasteiger charge is -2.18. The average molecular weight is 435 g/mol. The van der Waals surface area contributed by atoms with E-state index in [9.17, 15) is 13.2 Å². The molecule has 1 aliphatic heterocycles. The molecule has 0 spiro atoms. The minimum Gasteiger partial charge on any atom is -0.342 e. The van der Waals surface area contributed by atoms with Gasteiger partial charge in [-0.1, -0.05) is 27.7 Å². The number of carbonyl (C=O) groups excluding carboxylic acids is 1. The first kappa shape index (κ1) is 22.7. The second-order valence-corrected chi connectivity index (χ2v) is 10.1. The predicted octanol–water partition coefficient (Wildman–Crippen LogP) is 3.28. The molecule has 7 nitrogen and oxygen atoms in total. The number of amides is 1. The summed E-state index contributed by atoms with van der Waals surface area (Å²) in [5.74, 6) is 1.61. The molecule has 1 aromatic heterocycles. The van der Waals surface area contributed by atoms with Gasteiger partial charge in [0.05, 0.1) is 15.9 Å². The molecule has 0 saturated carbocycles. The number of likely N-dealkylation sites (tertiary alicyclic amines) is 1. The average Bonchev–Trinajstić information content (AvgIpc) is 3.30. The number of sulfonamides is 1. The third-order valence-corrected chi connectivity index (χ3v) is 7.97. The number of aryl methyl sites for hydroxylation is 2. The molecule has 0 N–H and O–H groups in total. The summed E-state index contributed by atoms with van der Waals surface area (Å²) in [4.78, 5) is 19.5. The highest BCUT2D eigenvalue weighted by atomic mass is 32.2. The number of aromatic nitrogens is 2. The molecule has 1 amide bonds. The van der Waals surface area contributed by atoms with Gasteiger partial charge in [0.1, 0.15) is 5.82 Å². The summed E-state index contributed by atoms with van der Waals surface area (Å²) in [5, 5.41) is 0. The highest BCUT2D eigenvalue weighted by molar-refractivity contribution is 7.89. The van der Waals surface area contributed by atoms with E-state index in [0.29, 0.717) is 37.4 Å². The summed E-state index contributed by atoms with van der Waals surface area (Å²) < 4.78 is 29.4. The third kappa shape index (κ3) is 4.54. The van der Waals surface area contributed by atoms with Crippen LogP contribution in [0.5, 0.6) is 0 Å². The Morgan fingerprint density at radius 1 is 1.23 bits per heavy atom. The molecule has 0 bridgehead atoms. The minimum atomic E-state index is -3.53. The normalized spacial score (nSPS) is 17.4. The van der Waals surface area contributed by atoms with E-state index in [0.717, 1.165) is 43.8 Å². The van der Waals surface area contributed by atoms with Gasteiger partial charge in [0, 0.05) is 45.6 Å². The van der Waals surface area contributed by atoms with Crippen LogP contribution in [0.1, 0.15) is 52.8 Å². The van der Waals surface area contributed by atoms with E-state index in [1.54, 1.807) is 12.1 Å². The Hall–Kier alpha value is -1.93. The molecule has 8 heteroatoms. The highest BCUT2D eigenvalue weighted by Gasteiger charge is 2.25. The SMILES string of the molecule is CCCn1c(CCC(=O)N2CCC(C)C2)nc2cc(S(=O)(=O)N(CC)CC)ccc21. The Morgan fingerprint density at radius 2 is 1.97 bits per heavy atom. The smallest absolute Gasteiger partial charge is 0.243 e. The van der Waals surface area contributed by atoms with Gasteiger partial charge in [-0.15, -0.1) is 0 Å². The summed E-state index contributed by atoms with van der Waals surface area (Å²) in [7, 11) is -3.53. The van der Waals surface area contributed by atoms with Crippen molar-refractivity contribution in [3.05, 3.63) is 24.0 Å². The molecule has 1 atom stereocenters. The molecule has 0 aliphatic carbocycles. The molecule has 1 aliphatic rings. The van der Waals surface area contributed by atoms with Crippen LogP contribution in [-0.2, 0) is 27.8 Å². The molecule has 0 radical (unpaired) electrons. The minimum absolute atomic E-state index is 0.180. The molecule has 2 aromatic rings. The van der Waals surface area contributed by atoms with Crippen molar-refractivity contribution in [2.45, 2.75) is 64.8 Å². The fraction of sp³-hybridized carbons (Fsp3) is 0.636. The maximum absolute atomic E-state index is 12.9. The Kier molecular flexibility index (Phi) is 7.18. The monoisotopic (exact) mass is 434 g/mol. The van der Waals surface area contributed by atoms with Gasteiger partial charge in [0.2, 0.25) is 15.9 Å². The molecule has 1 fully saturated rings. The first-order valence-corrected chi connectivity index (χ1v) is 12.5. The van der Waals surface area contributed by atoms with Crippen molar-refractivity contribution < 1.29 is 13.2 Å². The van der Waals surface area contributed by atoms with Crippen molar-refractivity contribution >= 4 is 27.0 Å². The van der Waals surface area contributed by atoms with E-state index in [-0.39, 0.29) is 10.8 Å². The molecule has 1 saturated heterocycles. The number of rotatable bonds is 9. The zero-order chi connectivity index (χ0) is 21.9. The number of imidazole rings is 1. The van der Waals surface area contributed by atoms with Crippen LogP contribution in [0.4, 0.5) is 0 Å². The Bertz CT molecular complexity index is 995. The van der Waals surface area contributed by atoms with Gasteiger partial charge in [-0.3, -0.25) is 4.79 Å². The lowest BCUT2D eigenvalue weighted by Crippen LogP contribution is -2.30. The number of fused-ring (bicyclic) bond motifs is 1. The van der Waals surface area contributed by atoms with Crippen molar-refractivity contribution in [2.24, 2.45) is 5.92 Å². The number of carbonyl (C=O) groups is 1. The lowest BCUT2D eigenvalue weighted by atomic mass is 10.2. The van der Waals surface area contributed by atoms with Crippen molar-refractivity contribution in [3.63, 3.8) is 0 Å². The van der Waals surface area contributed by atoms with Gasteiger partial charge in [-0.25, -0.2) is 13.4 Å². The second kappa shape index (κ2) is 9.47. The van der Waals surface area contributed by atoms with Gasteiger partial charge in [0.15, 0.2) is 0 Å². The fourth-order valence-corrected chi connectivity index (χ4v) is 5.71. The standard InChI is InChI=1S/C22H34N4O3S/c1-5-13-26-20-9-8-18(30(28,29)25(6-2)7-3)15-19(20)23-21(26)10-11-22(27)24-14-12-17(4)16-24/h8-9,15,17H,5-7,10-14,16H2,1-4H3. The summed E-state index contributed by atoms with van der Waals surface area (Å²) in [6, 6.07) is 5.19. The Morgan fingerprint density at radius 3 is 2.57 bits per heavy atom. The van der Waals surface area contributed by atoms with Crippen molar-refractivity contribution in [1.29, 1.82) is 0 Å². The molecule has 30 heavy (non-hydrogen) atoms. The predicted molar refractivity (Wildman–Crippen MR) is 119 cm³/mol. The van der Waals surface area contributed by atoms with Crippen LogP contribution in [0.2, 0.25) is 0 Å². The van der Waals surface area contributed by atoms with E-state index in [1.807, 2.05) is 24.8 Å². The highest BCUT2D eigenvalue weighted by Crippen LogP contribution is 2.24. The van der Waals surface area contributed by atoms with Crippen LogP contribution in [0.15, 0.2) is 23.1 Å². The van der Waals surface area contributed by atoms with Crippen LogP contribution in [-0.4, -0.2) is 59.3 Å². The van der Waals surface area contributed by atoms with Crippen LogP contribution in [0.3, 0.4) is 0 Å². The number of hydrogen-bond donors (Lipinski definition) is 0. The number of benzene rings is 1. The third-order valence-electron chi connectivity index (χ3n) is 5.93. The molecular weight excluding hydrogens is 400 g/mol. The van der Waals surface area contributed by atoms with Crippen LogP contribution in [0, 0.1) is 5.92 Å². The largest absolute Gasteiger partial charge is 0.342 e. The molecule has 1 unspecified atom stereocenters. The van der Waals surface area contributed by atoms with E-state index in [4.69, 9.17) is 4.98 Å². The number of hydrogen-bond acceptors (Lipinski definition) is 4. The van der Waals surface area contributed by atoms with E-state index < -0.39 is 10.0 Å². The van der Waals surface area contributed by atoms with Crippen molar-refractivity contribution in [2.75, 3.05) is 26.2 Å². The first-order chi connectivity index (χ1) is 14.3. The summed E-state index contributed by atoms with van der Waals surface area (Å²) in [6.07, 6.45) is 3.01. The summed E-state index contributed by atoms with van der Waals surface area (Å²) >= 11 is 0. The van der Waals surface area contributed by atoms with Crippen LogP contribution >= 0.6 is 0 Å². The lowest BCUT2D eigenvalue weighted by molar-refractivity contribution is -0.130. The summed E-state index contributed by atoms with van der Waals surface area (Å²) in [5.41, 5.74) is 1.60. The molecule has 2 heterocycles. The van der Waals surface area contributed by atoms with E-state index in [2.05, 4.69) is 18.4 Å². The van der Waals surface area contributed by atoms with Gasteiger partial charge in [-0.2, -0.15) is 4.31 Å². The maximum atomic E-state index is 12.9. The van der Waals surface area contributed by atoms with Gasteiger partial charge < -0.3 is 9.47 Å². The van der Waals surface area contributed by atoms with Crippen molar-refractivity contribution in [3.8, 4) is 0 Å². The molecule has 166 valence electrons. The van der Waals surface area contributed by atoms with Gasteiger partial charge >= 0.3 is 0 Å². The molecule has 3 rings (SSSR count). The fourth-order valence-electron chi connectivity index (χ4n) is 4.23. The van der Waals surface area contributed by atoms with Gasteiger partial charge in [-0.05, 0) is 37.0 Å². The van der Waals surface area contributed by atoms with Crippen LogP contribution in [0.25, 0.3) is 11.0 Å². The van der Waals surface area contributed by atoms with Crippen molar-refractivity contribution in [1.82, 2.24) is 18.8 Å². The zero-order valence-corrected chi connectivity index (χ0v) is 19.4. The first-order valence-electron chi connectivity index (χ1n) is 11.1.